The maximum atomic E-state index is 12.3. The van der Waals surface area contributed by atoms with Gasteiger partial charge >= 0.3 is 0 Å². The van der Waals surface area contributed by atoms with Crippen molar-refractivity contribution < 1.29 is 9.53 Å². The SMILES string of the molecule is NCc1cccc(OCCCNc2ccc(C(=O)N3CCCC3)cc2)c1. The van der Waals surface area contributed by atoms with Gasteiger partial charge in [-0.1, -0.05) is 12.1 Å². The number of amides is 1. The molecule has 138 valence electrons. The normalized spacial score (nSPS) is 13.7. The summed E-state index contributed by atoms with van der Waals surface area (Å²) in [7, 11) is 0. The van der Waals surface area contributed by atoms with Gasteiger partial charge in [0.2, 0.25) is 0 Å². The third-order valence-corrected chi connectivity index (χ3v) is 4.58. The van der Waals surface area contributed by atoms with Crippen LogP contribution < -0.4 is 15.8 Å². The highest BCUT2D eigenvalue weighted by atomic mass is 16.5. The Morgan fingerprint density at radius 1 is 1.12 bits per heavy atom. The predicted octanol–water partition coefficient (Wildman–Crippen LogP) is 3.26. The van der Waals surface area contributed by atoms with Gasteiger partial charge in [-0.05, 0) is 61.2 Å². The second-order valence-corrected chi connectivity index (χ2v) is 6.56. The first-order chi connectivity index (χ1) is 12.8. The molecule has 2 aromatic carbocycles. The molecule has 1 aliphatic heterocycles. The van der Waals surface area contributed by atoms with Crippen LogP contribution in [0.25, 0.3) is 0 Å². The first kappa shape index (κ1) is 18.3. The van der Waals surface area contributed by atoms with E-state index in [1.165, 1.54) is 0 Å². The standard InChI is InChI=1S/C21H27N3O2/c22-16-17-5-3-6-20(15-17)26-14-4-11-23-19-9-7-18(8-10-19)21(25)24-12-1-2-13-24/h3,5-10,15,23H,1-2,4,11-14,16,22H2. The fourth-order valence-corrected chi connectivity index (χ4v) is 3.09. The van der Waals surface area contributed by atoms with Gasteiger partial charge in [-0.3, -0.25) is 4.79 Å². The van der Waals surface area contributed by atoms with Gasteiger partial charge in [0.1, 0.15) is 5.75 Å². The number of benzene rings is 2. The molecule has 0 saturated carbocycles. The lowest BCUT2D eigenvalue weighted by Gasteiger charge is -2.15. The van der Waals surface area contributed by atoms with Gasteiger partial charge < -0.3 is 20.7 Å². The van der Waals surface area contributed by atoms with Gasteiger partial charge in [0.25, 0.3) is 5.91 Å². The average molecular weight is 353 g/mol. The smallest absolute Gasteiger partial charge is 0.253 e. The van der Waals surface area contributed by atoms with E-state index < -0.39 is 0 Å². The van der Waals surface area contributed by atoms with Crippen LogP contribution in [0.2, 0.25) is 0 Å². The highest BCUT2D eigenvalue weighted by molar-refractivity contribution is 5.94. The topological polar surface area (TPSA) is 67.6 Å². The largest absolute Gasteiger partial charge is 0.494 e. The van der Waals surface area contributed by atoms with Crippen LogP contribution in [0.3, 0.4) is 0 Å². The Balaban J connectivity index is 1.38. The lowest BCUT2D eigenvalue weighted by Crippen LogP contribution is -2.27. The van der Waals surface area contributed by atoms with Crippen molar-refractivity contribution in [1.82, 2.24) is 4.90 Å². The van der Waals surface area contributed by atoms with Crippen molar-refractivity contribution in [2.45, 2.75) is 25.8 Å². The van der Waals surface area contributed by atoms with Crippen LogP contribution >= 0.6 is 0 Å². The van der Waals surface area contributed by atoms with Crippen LogP contribution in [-0.2, 0) is 6.54 Å². The first-order valence-corrected chi connectivity index (χ1v) is 9.31. The fourth-order valence-electron chi connectivity index (χ4n) is 3.09. The summed E-state index contributed by atoms with van der Waals surface area (Å²) in [6.45, 7) is 3.75. The van der Waals surface area contributed by atoms with Crippen LogP contribution in [0.4, 0.5) is 5.69 Å². The zero-order valence-electron chi connectivity index (χ0n) is 15.1. The van der Waals surface area contributed by atoms with Crippen LogP contribution in [0, 0.1) is 0 Å². The summed E-state index contributed by atoms with van der Waals surface area (Å²) in [5, 5.41) is 3.36. The Morgan fingerprint density at radius 3 is 2.62 bits per heavy atom. The van der Waals surface area contributed by atoms with Crippen LogP contribution in [0.15, 0.2) is 48.5 Å². The van der Waals surface area contributed by atoms with Gasteiger partial charge in [-0.25, -0.2) is 0 Å². The molecule has 1 heterocycles. The highest BCUT2D eigenvalue weighted by Crippen LogP contribution is 2.16. The van der Waals surface area contributed by atoms with E-state index in [1.807, 2.05) is 53.4 Å². The van der Waals surface area contributed by atoms with Gasteiger partial charge in [0, 0.05) is 37.4 Å². The number of carbonyl (C=O) groups is 1. The molecule has 1 amide bonds. The number of nitrogens with one attached hydrogen (secondary N) is 1. The number of ether oxygens (including phenoxy) is 1. The molecular weight excluding hydrogens is 326 g/mol. The summed E-state index contributed by atoms with van der Waals surface area (Å²) in [4.78, 5) is 14.2. The Bertz CT molecular complexity index is 709. The van der Waals surface area contributed by atoms with Crippen molar-refractivity contribution in [1.29, 1.82) is 0 Å². The third-order valence-electron chi connectivity index (χ3n) is 4.58. The average Bonchev–Trinajstić information content (AvgIpc) is 3.22. The van der Waals surface area contributed by atoms with E-state index >= 15 is 0 Å². The molecule has 0 aromatic heterocycles. The molecule has 3 rings (SSSR count). The van der Waals surface area contributed by atoms with E-state index in [4.69, 9.17) is 10.5 Å². The third kappa shape index (κ3) is 4.99. The molecule has 1 saturated heterocycles. The summed E-state index contributed by atoms with van der Waals surface area (Å²) in [5.41, 5.74) is 8.49. The Kier molecular flexibility index (Phi) is 6.50. The lowest BCUT2D eigenvalue weighted by atomic mass is 10.2. The minimum Gasteiger partial charge on any atom is -0.494 e. The summed E-state index contributed by atoms with van der Waals surface area (Å²) >= 11 is 0. The minimum absolute atomic E-state index is 0.141. The molecular formula is C21H27N3O2. The lowest BCUT2D eigenvalue weighted by molar-refractivity contribution is 0.0793. The molecule has 2 aromatic rings. The molecule has 26 heavy (non-hydrogen) atoms. The number of anilines is 1. The Labute approximate surface area is 155 Å². The predicted molar refractivity (Wildman–Crippen MR) is 105 cm³/mol. The number of nitrogens with two attached hydrogens (primary N) is 1. The van der Waals surface area contributed by atoms with E-state index in [9.17, 15) is 4.79 Å². The second-order valence-electron chi connectivity index (χ2n) is 6.56. The Morgan fingerprint density at radius 2 is 1.88 bits per heavy atom. The van der Waals surface area contributed by atoms with Crippen LogP contribution in [0.5, 0.6) is 5.75 Å². The van der Waals surface area contributed by atoms with Crippen molar-refractivity contribution in [2.75, 3.05) is 31.6 Å². The zero-order valence-corrected chi connectivity index (χ0v) is 15.1. The number of hydrogen-bond donors (Lipinski definition) is 2. The van der Waals surface area contributed by atoms with Gasteiger partial charge in [0.15, 0.2) is 0 Å². The quantitative estimate of drug-likeness (QED) is 0.715. The minimum atomic E-state index is 0.141. The Hall–Kier alpha value is -2.53. The summed E-state index contributed by atoms with van der Waals surface area (Å²) in [6.07, 6.45) is 3.12. The van der Waals surface area contributed by atoms with Gasteiger partial charge in [-0.2, -0.15) is 0 Å². The maximum Gasteiger partial charge on any atom is 0.253 e. The molecule has 1 fully saturated rings. The van der Waals surface area contributed by atoms with Gasteiger partial charge in [0.05, 0.1) is 6.61 Å². The van der Waals surface area contributed by atoms with Crippen LogP contribution in [-0.4, -0.2) is 37.0 Å². The van der Waals surface area contributed by atoms with E-state index in [2.05, 4.69) is 5.32 Å². The molecule has 3 N–H and O–H groups in total. The molecule has 0 spiro atoms. The van der Waals surface area contributed by atoms with E-state index in [-0.39, 0.29) is 5.91 Å². The molecule has 0 atom stereocenters. The van der Waals surface area contributed by atoms with Crippen LogP contribution in [0.1, 0.15) is 35.2 Å². The van der Waals surface area contributed by atoms with E-state index in [0.717, 1.165) is 61.5 Å². The summed E-state index contributed by atoms with van der Waals surface area (Å²) in [6, 6.07) is 15.6. The van der Waals surface area contributed by atoms with E-state index in [1.54, 1.807) is 0 Å². The molecule has 5 heteroatoms. The van der Waals surface area contributed by atoms with Gasteiger partial charge in [-0.15, -0.1) is 0 Å². The van der Waals surface area contributed by atoms with Crippen molar-refractivity contribution in [3.8, 4) is 5.75 Å². The molecule has 0 aliphatic carbocycles. The summed E-state index contributed by atoms with van der Waals surface area (Å²) < 4.78 is 5.75. The number of carbonyl (C=O) groups excluding carboxylic acids is 1. The maximum absolute atomic E-state index is 12.3. The number of likely N-dealkylation sites (tertiary alicyclic amines) is 1. The first-order valence-electron chi connectivity index (χ1n) is 9.31. The number of rotatable bonds is 8. The van der Waals surface area contributed by atoms with Crippen molar-refractivity contribution in [3.05, 3.63) is 59.7 Å². The van der Waals surface area contributed by atoms with E-state index in [0.29, 0.717) is 13.2 Å². The second kappa shape index (κ2) is 9.25. The fraction of sp³-hybridized carbons (Fsp3) is 0.381. The van der Waals surface area contributed by atoms with Crippen molar-refractivity contribution >= 4 is 11.6 Å². The molecule has 0 radical (unpaired) electrons. The zero-order chi connectivity index (χ0) is 18.2. The van der Waals surface area contributed by atoms with Crippen molar-refractivity contribution in [2.24, 2.45) is 5.73 Å². The highest BCUT2D eigenvalue weighted by Gasteiger charge is 2.18. The molecule has 0 unspecified atom stereocenters. The van der Waals surface area contributed by atoms with Crippen molar-refractivity contribution in [3.63, 3.8) is 0 Å². The molecule has 0 bridgehead atoms. The number of nitrogens with zero attached hydrogens (tertiary/aromatic N) is 1. The number of hydrogen-bond acceptors (Lipinski definition) is 4. The molecule has 1 aliphatic rings. The summed E-state index contributed by atoms with van der Waals surface area (Å²) in [5.74, 6) is 1.000. The molecule has 5 nitrogen and oxygen atoms in total. The monoisotopic (exact) mass is 353 g/mol.